The summed E-state index contributed by atoms with van der Waals surface area (Å²) in [6.45, 7) is 3.63. The summed E-state index contributed by atoms with van der Waals surface area (Å²) in [7, 11) is 0. The van der Waals surface area contributed by atoms with Crippen LogP contribution >= 0.6 is 0 Å². The second-order valence-electron chi connectivity index (χ2n) is 1.70. The normalized spacial score (nSPS) is 6.91. The van der Waals surface area contributed by atoms with Crippen LogP contribution in [-0.4, -0.2) is 0 Å². The maximum Gasteiger partial charge on any atom is -0.0263 e. The average Bonchev–Trinajstić information content (AvgIpc) is 2.08. The fourth-order valence-corrected chi connectivity index (χ4v) is 0.589. The third kappa shape index (κ3) is 4.75. The molecule has 0 aromatic heterocycles. The molecule has 0 aliphatic heterocycles. The first kappa shape index (κ1) is 9.27. The zero-order chi connectivity index (χ0) is 8.53. The van der Waals surface area contributed by atoms with Crippen LogP contribution < -0.4 is 0 Å². The summed E-state index contributed by atoms with van der Waals surface area (Å²) in [5.41, 5.74) is 14.7. The molecule has 11 heavy (non-hydrogen) atoms. The molecule has 1 aromatic carbocycles. The summed E-state index contributed by atoms with van der Waals surface area (Å²) < 4.78 is 0. The van der Waals surface area contributed by atoms with Crippen LogP contribution in [0, 0.1) is 0 Å². The van der Waals surface area contributed by atoms with Crippen LogP contribution in [0.3, 0.4) is 0 Å². The lowest BCUT2D eigenvalue weighted by atomic mass is 10.2. The van der Waals surface area contributed by atoms with Gasteiger partial charge in [-0.1, -0.05) is 43.0 Å². The van der Waals surface area contributed by atoms with Gasteiger partial charge in [0, 0.05) is 0 Å². The van der Waals surface area contributed by atoms with E-state index in [1.54, 1.807) is 0 Å². The molecule has 3 heteroatoms. The van der Waals surface area contributed by atoms with E-state index in [4.69, 9.17) is 11.1 Å². The lowest BCUT2D eigenvalue weighted by Crippen LogP contribution is -1.63. The summed E-state index contributed by atoms with van der Waals surface area (Å²) in [5.74, 6) is 0. The first-order valence-electron chi connectivity index (χ1n) is 3.01. The molecule has 1 rings (SSSR count). The van der Waals surface area contributed by atoms with Gasteiger partial charge in [0.1, 0.15) is 0 Å². The van der Waals surface area contributed by atoms with E-state index in [-0.39, 0.29) is 0 Å². The summed E-state index contributed by atoms with van der Waals surface area (Å²) in [6.07, 6.45) is 1.83. The maximum absolute atomic E-state index is 6.75. The number of benzene rings is 1. The Morgan fingerprint density at radius 3 is 1.91 bits per heavy atom. The van der Waals surface area contributed by atoms with Crippen LogP contribution in [0.5, 0.6) is 0 Å². The highest BCUT2D eigenvalue weighted by molar-refractivity contribution is 5.45. The van der Waals surface area contributed by atoms with Gasteiger partial charge in [0.05, 0.1) is 0 Å². The van der Waals surface area contributed by atoms with Gasteiger partial charge in [0.25, 0.3) is 0 Å². The molecule has 56 valence electrons. The molecule has 0 radical (unpaired) electrons. The van der Waals surface area contributed by atoms with Crippen molar-refractivity contribution in [1.82, 2.24) is 0 Å². The van der Waals surface area contributed by atoms with Crippen molar-refractivity contribution in [2.75, 3.05) is 0 Å². The lowest BCUT2D eigenvalue weighted by molar-refractivity contribution is 1.67. The predicted molar refractivity (Wildman–Crippen MR) is 46.6 cm³/mol. The fraction of sp³-hybridized carbons (Fsp3) is 0. The van der Waals surface area contributed by atoms with Crippen molar-refractivity contribution in [3.8, 4) is 0 Å². The van der Waals surface area contributed by atoms with Gasteiger partial charge in [-0.3, -0.25) is 4.91 Å². The van der Waals surface area contributed by atoms with Crippen LogP contribution in [-0.2, 0) is 0 Å². The smallest absolute Gasteiger partial charge is 0.0263 e. The largest absolute Gasteiger partial charge is 0.373 e. The first-order valence-corrected chi connectivity index (χ1v) is 3.01. The van der Waals surface area contributed by atoms with Crippen LogP contribution in [0.15, 0.2) is 36.9 Å². The molecule has 0 aliphatic rings. The van der Waals surface area contributed by atoms with Crippen molar-refractivity contribution in [3.05, 3.63) is 58.4 Å². The van der Waals surface area contributed by atoms with Crippen LogP contribution in [0.2, 0.25) is 0 Å². The van der Waals surface area contributed by atoms with Gasteiger partial charge >= 0.3 is 0 Å². The van der Waals surface area contributed by atoms with Gasteiger partial charge in [0.2, 0.25) is 0 Å². The summed E-state index contributed by atoms with van der Waals surface area (Å²) >= 11 is 0. The van der Waals surface area contributed by atoms with Crippen molar-refractivity contribution < 1.29 is 0 Å². The molecule has 0 spiro atoms. The van der Waals surface area contributed by atoms with Crippen molar-refractivity contribution in [2.45, 2.75) is 0 Å². The van der Waals surface area contributed by atoms with Gasteiger partial charge in [-0.15, -0.1) is 0 Å². The third-order valence-electron chi connectivity index (χ3n) is 1.04. The van der Waals surface area contributed by atoms with E-state index >= 15 is 0 Å². The topological polar surface area (TPSA) is 58.7 Å². The highest BCUT2D eigenvalue weighted by Crippen LogP contribution is 1.97. The molecule has 3 nitrogen and oxygen atoms in total. The number of hydrogen-bond donors (Lipinski definition) is 0. The van der Waals surface area contributed by atoms with Crippen molar-refractivity contribution in [1.29, 1.82) is 0 Å². The third-order valence-corrected chi connectivity index (χ3v) is 1.04. The molecule has 1 aromatic rings. The summed E-state index contributed by atoms with van der Waals surface area (Å²) in [4.78, 5) is 1.50. The zero-order valence-electron chi connectivity index (χ0n) is 6.01. The van der Waals surface area contributed by atoms with Gasteiger partial charge < -0.3 is 11.1 Å². The quantitative estimate of drug-likeness (QED) is 0.332. The second-order valence-corrected chi connectivity index (χ2v) is 1.70. The Bertz CT molecular complexity index is 235. The molecule has 0 saturated heterocycles. The Hall–Kier alpha value is -1.73. The second kappa shape index (κ2) is 6.39. The number of nitrogens with zero attached hydrogens (tertiary/aromatic N) is 3. The van der Waals surface area contributed by atoms with Crippen molar-refractivity contribution in [3.63, 3.8) is 0 Å². The lowest BCUT2D eigenvalue weighted by Gasteiger charge is -1.85. The number of hydrogen-bond acceptors (Lipinski definition) is 0. The van der Waals surface area contributed by atoms with E-state index < -0.39 is 0 Å². The van der Waals surface area contributed by atoms with Crippen LogP contribution in [0.1, 0.15) is 5.56 Å². The van der Waals surface area contributed by atoms with E-state index in [2.05, 4.69) is 6.58 Å². The molecule has 0 aliphatic carbocycles. The van der Waals surface area contributed by atoms with Gasteiger partial charge in [-0.05, 0) is 5.56 Å². The van der Waals surface area contributed by atoms with Crippen molar-refractivity contribution >= 4 is 6.08 Å². The van der Waals surface area contributed by atoms with E-state index in [0.717, 1.165) is 0 Å². The SMILES string of the molecule is C=Cc1ccccc1.[N-]=[N+]=[N-]. The number of rotatable bonds is 1. The van der Waals surface area contributed by atoms with E-state index in [0.29, 0.717) is 0 Å². The minimum atomic E-state index is 1.17. The average molecular weight is 146 g/mol. The molecule has 0 saturated carbocycles. The van der Waals surface area contributed by atoms with Crippen LogP contribution in [0.25, 0.3) is 22.0 Å². The Morgan fingerprint density at radius 1 is 1.18 bits per heavy atom. The van der Waals surface area contributed by atoms with Crippen molar-refractivity contribution in [2.24, 2.45) is 0 Å². The summed E-state index contributed by atoms with van der Waals surface area (Å²) in [6, 6.07) is 10.0. The predicted octanol–water partition coefficient (Wildman–Crippen LogP) is 3.20. The Labute approximate surface area is 65.4 Å². The maximum atomic E-state index is 6.75. The summed E-state index contributed by atoms with van der Waals surface area (Å²) in [5, 5.41) is 0. The van der Waals surface area contributed by atoms with E-state index in [9.17, 15) is 0 Å². The molecule has 0 bridgehead atoms. The molecule has 0 fully saturated rings. The monoisotopic (exact) mass is 146 g/mol. The van der Waals surface area contributed by atoms with E-state index in [1.165, 1.54) is 10.5 Å². The molecule has 0 heterocycles. The highest BCUT2D eigenvalue weighted by Gasteiger charge is 1.75. The molecular weight excluding hydrogens is 138 g/mol. The molecule has 0 unspecified atom stereocenters. The molecular formula is C8H8N3-. The molecule has 0 amide bonds. The Balaban J connectivity index is 0.000000292. The van der Waals surface area contributed by atoms with Gasteiger partial charge in [0.15, 0.2) is 0 Å². The van der Waals surface area contributed by atoms with E-state index in [1.807, 2.05) is 36.4 Å². The Kier molecular flexibility index (Phi) is 5.39. The molecule has 0 N–H and O–H groups in total. The van der Waals surface area contributed by atoms with Gasteiger partial charge in [-0.2, -0.15) is 0 Å². The minimum Gasteiger partial charge on any atom is -0.373 e. The minimum absolute atomic E-state index is 1.17. The Morgan fingerprint density at radius 2 is 1.64 bits per heavy atom. The molecule has 0 atom stereocenters. The van der Waals surface area contributed by atoms with Crippen LogP contribution in [0.4, 0.5) is 0 Å². The highest BCUT2D eigenvalue weighted by atomic mass is 15.0. The van der Waals surface area contributed by atoms with Gasteiger partial charge in [-0.25, -0.2) is 0 Å². The first-order chi connectivity index (χ1) is 5.35. The zero-order valence-corrected chi connectivity index (χ0v) is 6.01. The fourth-order valence-electron chi connectivity index (χ4n) is 0.589. The standard InChI is InChI=1S/C8H8.N3/c1-2-8-6-4-3-5-7-8;1-3-2/h2-7H,1H2;/q;-1.